The first-order valence-corrected chi connectivity index (χ1v) is 8.95. The quantitative estimate of drug-likeness (QED) is 0.773. The second-order valence-corrected chi connectivity index (χ2v) is 6.98. The molecule has 7 heteroatoms. The van der Waals surface area contributed by atoms with Crippen molar-refractivity contribution in [3.05, 3.63) is 35.9 Å². The number of primary amides is 1. The molecule has 0 unspecified atom stereocenters. The highest BCUT2D eigenvalue weighted by molar-refractivity contribution is 5.91. The van der Waals surface area contributed by atoms with Crippen LogP contribution in [0.15, 0.2) is 30.3 Å². The van der Waals surface area contributed by atoms with Crippen molar-refractivity contribution in [2.45, 2.75) is 51.8 Å². The van der Waals surface area contributed by atoms with Gasteiger partial charge >= 0.3 is 6.09 Å². The number of carbonyl (C=O) groups excluding carboxylic acids is 3. The summed E-state index contributed by atoms with van der Waals surface area (Å²) in [6.45, 7) is 4.51. The van der Waals surface area contributed by atoms with Gasteiger partial charge in [-0.1, -0.05) is 44.2 Å². The Labute approximate surface area is 153 Å². The van der Waals surface area contributed by atoms with Gasteiger partial charge in [-0.2, -0.15) is 0 Å². The molecule has 0 radical (unpaired) electrons. The Morgan fingerprint density at radius 2 is 1.96 bits per heavy atom. The monoisotopic (exact) mass is 361 g/mol. The molecule has 26 heavy (non-hydrogen) atoms. The van der Waals surface area contributed by atoms with Gasteiger partial charge in [-0.3, -0.25) is 14.5 Å². The van der Waals surface area contributed by atoms with E-state index in [1.54, 1.807) is 0 Å². The molecular formula is C19H27N3O4. The van der Waals surface area contributed by atoms with E-state index in [9.17, 15) is 14.4 Å². The zero-order valence-electron chi connectivity index (χ0n) is 15.3. The molecule has 1 fully saturated rings. The molecule has 1 aromatic rings. The number of carbonyl (C=O) groups is 3. The van der Waals surface area contributed by atoms with Crippen LogP contribution in [0.1, 0.15) is 38.7 Å². The molecule has 0 aliphatic carbocycles. The lowest BCUT2D eigenvalue weighted by Crippen LogP contribution is -2.52. The Kier molecular flexibility index (Phi) is 7.00. The van der Waals surface area contributed by atoms with Crippen LogP contribution in [0.5, 0.6) is 0 Å². The molecule has 1 aliphatic heterocycles. The van der Waals surface area contributed by atoms with Crippen LogP contribution in [0.2, 0.25) is 0 Å². The summed E-state index contributed by atoms with van der Waals surface area (Å²) >= 11 is 0. The lowest BCUT2D eigenvalue weighted by atomic mass is 10.0. The van der Waals surface area contributed by atoms with Gasteiger partial charge in [0.2, 0.25) is 11.8 Å². The summed E-state index contributed by atoms with van der Waals surface area (Å²) in [6.07, 6.45) is 1.20. The summed E-state index contributed by atoms with van der Waals surface area (Å²) in [7, 11) is 0. The lowest BCUT2D eigenvalue weighted by molar-refractivity contribution is -0.130. The molecule has 2 atom stereocenters. The van der Waals surface area contributed by atoms with Crippen molar-refractivity contribution in [2.75, 3.05) is 6.54 Å². The van der Waals surface area contributed by atoms with Crippen LogP contribution in [0, 0.1) is 5.92 Å². The molecule has 2 rings (SSSR count). The molecule has 0 saturated carbocycles. The number of likely N-dealkylation sites (tertiary alicyclic amines) is 1. The number of ether oxygens (including phenoxy) is 1. The van der Waals surface area contributed by atoms with Crippen molar-refractivity contribution in [2.24, 2.45) is 11.7 Å². The number of hydrogen-bond acceptors (Lipinski definition) is 4. The summed E-state index contributed by atoms with van der Waals surface area (Å²) in [5.74, 6) is -0.713. The third kappa shape index (κ3) is 5.47. The minimum absolute atomic E-state index is 0.155. The predicted octanol–water partition coefficient (Wildman–Crippen LogP) is 1.80. The Morgan fingerprint density at radius 1 is 1.27 bits per heavy atom. The zero-order chi connectivity index (χ0) is 19.1. The van der Waals surface area contributed by atoms with Gasteiger partial charge in [-0.05, 0) is 30.7 Å². The molecule has 7 nitrogen and oxygen atoms in total. The molecular weight excluding hydrogens is 334 g/mol. The first-order chi connectivity index (χ1) is 12.4. The van der Waals surface area contributed by atoms with Crippen molar-refractivity contribution < 1.29 is 19.1 Å². The van der Waals surface area contributed by atoms with Gasteiger partial charge in [-0.25, -0.2) is 4.79 Å². The van der Waals surface area contributed by atoms with Crippen LogP contribution < -0.4 is 11.1 Å². The summed E-state index contributed by atoms with van der Waals surface area (Å²) in [6, 6.07) is 7.99. The smallest absolute Gasteiger partial charge is 0.410 e. The third-order valence-corrected chi connectivity index (χ3v) is 4.36. The molecule has 0 spiro atoms. The number of benzene rings is 1. The minimum atomic E-state index is -0.731. The third-order valence-electron chi connectivity index (χ3n) is 4.36. The van der Waals surface area contributed by atoms with Crippen LogP contribution >= 0.6 is 0 Å². The van der Waals surface area contributed by atoms with E-state index in [0.29, 0.717) is 25.8 Å². The minimum Gasteiger partial charge on any atom is -0.445 e. The Morgan fingerprint density at radius 3 is 2.58 bits per heavy atom. The maximum atomic E-state index is 12.6. The molecule has 3 N–H and O–H groups in total. The number of nitrogens with zero attached hydrogens (tertiary/aromatic N) is 1. The topological polar surface area (TPSA) is 102 Å². The van der Waals surface area contributed by atoms with E-state index < -0.39 is 24.1 Å². The van der Waals surface area contributed by atoms with Gasteiger partial charge in [0.15, 0.2) is 0 Å². The van der Waals surface area contributed by atoms with Crippen LogP contribution in [0.4, 0.5) is 4.79 Å². The van der Waals surface area contributed by atoms with E-state index in [1.807, 2.05) is 44.2 Å². The SMILES string of the molecule is CC(C)C[C@H](NC(=O)[C@H]1CCCN1C(=O)OCc1ccccc1)C(N)=O. The molecule has 1 aliphatic rings. The van der Waals surface area contributed by atoms with E-state index >= 15 is 0 Å². The summed E-state index contributed by atoms with van der Waals surface area (Å²) in [4.78, 5) is 37.9. The van der Waals surface area contributed by atoms with E-state index in [2.05, 4.69) is 5.32 Å². The fourth-order valence-corrected chi connectivity index (χ4v) is 3.05. The number of nitrogens with two attached hydrogens (primary N) is 1. The number of rotatable bonds is 7. The molecule has 0 aromatic heterocycles. The maximum absolute atomic E-state index is 12.6. The highest BCUT2D eigenvalue weighted by atomic mass is 16.6. The van der Waals surface area contributed by atoms with Gasteiger partial charge < -0.3 is 15.8 Å². The molecule has 1 heterocycles. The Bertz CT molecular complexity index is 633. The van der Waals surface area contributed by atoms with Crippen LogP contribution in [0.25, 0.3) is 0 Å². The molecule has 1 aromatic carbocycles. The van der Waals surface area contributed by atoms with Gasteiger partial charge in [0.25, 0.3) is 0 Å². The average Bonchev–Trinajstić information content (AvgIpc) is 3.09. The van der Waals surface area contributed by atoms with Crippen molar-refractivity contribution >= 4 is 17.9 Å². The van der Waals surface area contributed by atoms with Gasteiger partial charge in [0.05, 0.1) is 0 Å². The van der Waals surface area contributed by atoms with E-state index in [-0.39, 0.29) is 18.4 Å². The molecule has 142 valence electrons. The van der Waals surface area contributed by atoms with Crippen molar-refractivity contribution in [3.8, 4) is 0 Å². The van der Waals surface area contributed by atoms with Crippen molar-refractivity contribution in [1.82, 2.24) is 10.2 Å². The standard InChI is InChI=1S/C19H27N3O4/c1-13(2)11-15(17(20)23)21-18(24)16-9-6-10-22(16)19(25)26-12-14-7-4-3-5-8-14/h3-5,7-8,13,15-16H,6,9-12H2,1-2H3,(H2,20,23)(H,21,24)/t15-,16+/m0/s1. The number of nitrogens with one attached hydrogen (secondary N) is 1. The zero-order valence-corrected chi connectivity index (χ0v) is 15.3. The average molecular weight is 361 g/mol. The fraction of sp³-hybridized carbons (Fsp3) is 0.526. The highest BCUT2D eigenvalue weighted by Gasteiger charge is 2.36. The second-order valence-electron chi connectivity index (χ2n) is 6.98. The predicted molar refractivity (Wildman–Crippen MR) is 96.9 cm³/mol. The van der Waals surface area contributed by atoms with E-state index in [4.69, 9.17) is 10.5 Å². The van der Waals surface area contributed by atoms with Crippen molar-refractivity contribution in [3.63, 3.8) is 0 Å². The lowest BCUT2D eigenvalue weighted by Gasteiger charge is -2.25. The van der Waals surface area contributed by atoms with Gasteiger partial charge in [0, 0.05) is 6.54 Å². The second kappa shape index (κ2) is 9.22. The number of hydrogen-bond donors (Lipinski definition) is 2. The van der Waals surface area contributed by atoms with Crippen LogP contribution in [-0.2, 0) is 20.9 Å². The summed E-state index contributed by atoms with van der Waals surface area (Å²) in [5, 5.41) is 2.69. The fourth-order valence-electron chi connectivity index (χ4n) is 3.05. The normalized spacial score (nSPS) is 17.8. The molecule has 1 saturated heterocycles. The Hall–Kier alpha value is -2.57. The van der Waals surface area contributed by atoms with Crippen LogP contribution in [0.3, 0.4) is 0 Å². The first-order valence-electron chi connectivity index (χ1n) is 8.95. The van der Waals surface area contributed by atoms with E-state index in [0.717, 1.165) is 5.56 Å². The highest BCUT2D eigenvalue weighted by Crippen LogP contribution is 2.19. The van der Waals surface area contributed by atoms with Crippen molar-refractivity contribution in [1.29, 1.82) is 0 Å². The molecule has 0 bridgehead atoms. The molecule has 3 amide bonds. The van der Waals surface area contributed by atoms with Crippen LogP contribution in [-0.4, -0.2) is 41.4 Å². The van der Waals surface area contributed by atoms with Gasteiger partial charge in [-0.15, -0.1) is 0 Å². The maximum Gasteiger partial charge on any atom is 0.410 e. The van der Waals surface area contributed by atoms with Gasteiger partial charge in [0.1, 0.15) is 18.7 Å². The largest absolute Gasteiger partial charge is 0.445 e. The number of amides is 3. The summed E-state index contributed by atoms with van der Waals surface area (Å²) in [5.41, 5.74) is 6.26. The summed E-state index contributed by atoms with van der Waals surface area (Å²) < 4.78 is 5.32. The first kappa shape index (κ1) is 19.8. The Balaban J connectivity index is 1.94. The van der Waals surface area contributed by atoms with E-state index in [1.165, 1.54) is 4.90 Å².